The van der Waals surface area contributed by atoms with Gasteiger partial charge in [0, 0.05) is 32.1 Å². The SMILES string of the molecule is CC1SCC(C(NN)c2ccc(Cl)cc2F)SC1C. The van der Waals surface area contributed by atoms with Crippen LogP contribution in [0.3, 0.4) is 0 Å². The number of hydrazine groups is 1. The highest BCUT2D eigenvalue weighted by atomic mass is 35.5. The molecule has 6 heteroatoms. The topological polar surface area (TPSA) is 38.0 Å². The highest BCUT2D eigenvalue weighted by Gasteiger charge is 2.32. The summed E-state index contributed by atoms with van der Waals surface area (Å²) in [7, 11) is 0. The predicted molar refractivity (Wildman–Crippen MR) is 84.2 cm³/mol. The van der Waals surface area contributed by atoms with Gasteiger partial charge in [-0.15, -0.1) is 0 Å². The number of nitrogens with one attached hydrogen (secondary N) is 1. The second-order valence-electron chi connectivity index (χ2n) is 4.73. The van der Waals surface area contributed by atoms with E-state index in [4.69, 9.17) is 17.4 Å². The molecule has 0 bridgehead atoms. The van der Waals surface area contributed by atoms with Crippen molar-refractivity contribution < 1.29 is 4.39 Å². The number of nitrogens with two attached hydrogens (primary N) is 1. The lowest BCUT2D eigenvalue weighted by molar-refractivity contribution is 0.509. The fourth-order valence-corrected chi connectivity index (χ4v) is 5.38. The van der Waals surface area contributed by atoms with Crippen molar-refractivity contribution >= 4 is 35.1 Å². The Bertz CT molecular complexity index is 447. The van der Waals surface area contributed by atoms with Gasteiger partial charge in [-0.25, -0.2) is 4.39 Å². The maximum absolute atomic E-state index is 14.0. The van der Waals surface area contributed by atoms with E-state index >= 15 is 0 Å². The molecule has 1 aliphatic heterocycles. The number of halogens is 2. The van der Waals surface area contributed by atoms with E-state index in [2.05, 4.69) is 19.3 Å². The molecule has 0 saturated carbocycles. The van der Waals surface area contributed by atoms with Gasteiger partial charge in [0.2, 0.25) is 0 Å². The number of hydrogen-bond donors (Lipinski definition) is 2. The molecule has 0 aromatic heterocycles. The zero-order valence-electron chi connectivity index (χ0n) is 10.9. The first-order chi connectivity index (χ1) is 9.02. The molecule has 1 saturated heterocycles. The molecule has 1 aromatic rings. The lowest BCUT2D eigenvalue weighted by Crippen LogP contribution is -2.40. The molecule has 3 N–H and O–H groups in total. The maximum Gasteiger partial charge on any atom is 0.129 e. The van der Waals surface area contributed by atoms with Crippen molar-refractivity contribution in [3.63, 3.8) is 0 Å². The third-order valence-corrected chi connectivity index (χ3v) is 7.15. The van der Waals surface area contributed by atoms with Crippen LogP contribution in [-0.2, 0) is 0 Å². The van der Waals surface area contributed by atoms with Crippen LogP contribution in [0.25, 0.3) is 0 Å². The monoisotopic (exact) mass is 320 g/mol. The number of hydrogen-bond acceptors (Lipinski definition) is 4. The molecule has 4 atom stereocenters. The Morgan fingerprint density at radius 3 is 2.74 bits per heavy atom. The van der Waals surface area contributed by atoms with Crippen LogP contribution in [0, 0.1) is 5.82 Å². The molecule has 2 rings (SSSR count). The normalized spacial score (nSPS) is 29.2. The van der Waals surface area contributed by atoms with E-state index in [0.29, 0.717) is 21.1 Å². The first kappa shape index (κ1) is 15.4. The highest BCUT2D eigenvalue weighted by Crippen LogP contribution is 2.41. The van der Waals surface area contributed by atoms with E-state index in [1.807, 2.05) is 23.5 Å². The summed E-state index contributed by atoms with van der Waals surface area (Å²) in [6.07, 6.45) is 0. The van der Waals surface area contributed by atoms with Crippen LogP contribution in [0.5, 0.6) is 0 Å². The van der Waals surface area contributed by atoms with Crippen LogP contribution < -0.4 is 11.3 Å². The van der Waals surface area contributed by atoms with Gasteiger partial charge < -0.3 is 0 Å². The molecule has 1 aromatic carbocycles. The van der Waals surface area contributed by atoms with Gasteiger partial charge in [0.15, 0.2) is 0 Å². The van der Waals surface area contributed by atoms with Gasteiger partial charge in [-0.05, 0) is 12.1 Å². The first-order valence-electron chi connectivity index (χ1n) is 6.21. The molecule has 0 spiro atoms. The van der Waals surface area contributed by atoms with Crippen LogP contribution in [-0.4, -0.2) is 21.5 Å². The molecule has 2 nitrogen and oxygen atoms in total. The summed E-state index contributed by atoms with van der Waals surface area (Å²) in [6.45, 7) is 4.44. The summed E-state index contributed by atoms with van der Waals surface area (Å²) in [5.74, 6) is 6.32. The Hall–Kier alpha value is 0.0600. The van der Waals surface area contributed by atoms with E-state index in [1.54, 1.807) is 12.1 Å². The lowest BCUT2D eigenvalue weighted by Gasteiger charge is -2.35. The van der Waals surface area contributed by atoms with Crippen molar-refractivity contribution in [1.82, 2.24) is 5.43 Å². The van der Waals surface area contributed by atoms with Gasteiger partial charge in [0.1, 0.15) is 5.82 Å². The number of benzene rings is 1. The third-order valence-electron chi connectivity index (χ3n) is 3.42. The largest absolute Gasteiger partial charge is 0.271 e. The summed E-state index contributed by atoms with van der Waals surface area (Å²) in [5, 5.41) is 1.83. The number of thioether (sulfide) groups is 2. The van der Waals surface area contributed by atoms with E-state index in [9.17, 15) is 4.39 Å². The minimum atomic E-state index is -0.299. The average molecular weight is 321 g/mol. The smallest absolute Gasteiger partial charge is 0.129 e. The summed E-state index contributed by atoms with van der Waals surface area (Å²) in [4.78, 5) is 0. The molecular weight excluding hydrogens is 303 g/mol. The Kier molecular flexibility index (Phi) is 5.43. The van der Waals surface area contributed by atoms with Gasteiger partial charge in [-0.2, -0.15) is 23.5 Å². The minimum absolute atomic E-state index is 0.190. The van der Waals surface area contributed by atoms with Crippen molar-refractivity contribution in [2.45, 2.75) is 35.6 Å². The predicted octanol–water partition coefficient (Wildman–Crippen LogP) is 3.61. The zero-order chi connectivity index (χ0) is 14.0. The van der Waals surface area contributed by atoms with Crippen molar-refractivity contribution in [3.8, 4) is 0 Å². The van der Waals surface area contributed by atoms with E-state index in [0.717, 1.165) is 5.75 Å². The highest BCUT2D eigenvalue weighted by molar-refractivity contribution is 8.07. The fourth-order valence-electron chi connectivity index (χ4n) is 2.13. The van der Waals surface area contributed by atoms with E-state index < -0.39 is 0 Å². The van der Waals surface area contributed by atoms with Crippen molar-refractivity contribution in [1.29, 1.82) is 0 Å². The first-order valence-corrected chi connectivity index (χ1v) is 8.58. The second kappa shape index (κ2) is 6.68. The molecule has 19 heavy (non-hydrogen) atoms. The quantitative estimate of drug-likeness (QED) is 0.659. The van der Waals surface area contributed by atoms with Crippen LogP contribution in [0.1, 0.15) is 25.5 Å². The van der Waals surface area contributed by atoms with Crippen LogP contribution in [0.4, 0.5) is 4.39 Å². The number of rotatable bonds is 3. The molecule has 0 amide bonds. The van der Waals surface area contributed by atoms with Crippen molar-refractivity contribution in [2.24, 2.45) is 5.84 Å². The minimum Gasteiger partial charge on any atom is -0.271 e. The Labute approximate surface area is 127 Å². The fraction of sp³-hybridized carbons (Fsp3) is 0.538. The Balaban J connectivity index is 2.20. The summed E-state index contributed by atoms with van der Waals surface area (Å²) >= 11 is 9.58. The molecule has 4 unspecified atom stereocenters. The second-order valence-corrected chi connectivity index (χ2v) is 8.20. The van der Waals surface area contributed by atoms with Gasteiger partial charge in [-0.1, -0.05) is 31.5 Å². The third kappa shape index (κ3) is 3.58. The van der Waals surface area contributed by atoms with Gasteiger partial charge in [-0.3, -0.25) is 11.3 Å². The molecule has 1 fully saturated rings. The zero-order valence-corrected chi connectivity index (χ0v) is 13.3. The van der Waals surface area contributed by atoms with Crippen molar-refractivity contribution in [3.05, 3.63) is 34.6 Å². The Morgan fingerprint density at radius 2 is 2.16 bits per heavy atom. The standard InChI is InChI=1S/C13H18ClFN2S2/c1-7-8(2)19-12(6-18-7)13(17-16)10-4-3-9(14)5-11(10)15/h3-5,7-8,12-13,17H,6,16H2,1-2H3. The van der Waals surface area contributed by atoms with Gasteiger partial charge in [0.05, 0.1) is 6.04 Å². The molecule has 0 aliphatic carbocycles. The Morgan fingerprint density at radius 1 is 1.42 bits per heavy atom. The van der Waals surface area contributed by atoms with E-state index in [-0.39, 0.29) is 17.1 Å². The molecule has 106 valence electrons. The summed E-state index contributed by atoms with van der Waals surface area (Å²) in [5.41, 5.74) is 3.36. The van der Waals surface area contributed by atoms with Gasteiger partial charge >= 0.3 is 0 Å². The summed E-state index contributed by atoms with van der Waals surface area (Å²) < 4.78 is 14.0. The summed E-state index contributed by atoms with van der Waals surface area (Å²) in [6, 6.07) is 4.57. The van der Waals surface area contributed by atoms with Crippen molar-refractivity contribution in [2.75, 3.05) is 5.75 Å². The van der Waals surface area contributed by atoms with Crippen LogP contribution >= 0.6 is 35.1 Å². The maximum atomic E-state index is 14.0. The molecule has 0 radical (unpaired) electrons. The molecule has 1 heterocycles. The average Bonchev–Trinajstić information content (AvgIpc) is 2.37. The molecular formula is C13H18ClFN2S2. The van der Waals surface area contributed by atoms with Crippen LogP contribution in [0.15, 0.2) is 18.2 Å². The van der Waals surface area contributed by atoms with E-state index in [1.165, 1.54) is 6.07 Å². The van der Waals surface area contributed by atoms with Crippen LogP contribution in [0.2, 0.25) is 5.02 Å². The van der Waals surface area contributed by atoms with Gasteiger partial charge in [0.25, 0.3) is 0 Å². The lowest BCUT2D eigenvalue weighted by atomic mass is 10.0. The molecule has 1 aliphatic rings.